The van der Waals surface area contributed by atoms with Gasteiger partial charge in [-0.15, -0.1) is 0 Å². The summed E-state index contributed by atoms with van der Waals surface area (Å²) in [6, 6.07) is 34.0. The summed E-state index contributed by atoms with van der Waals surface area (Å²) in [5.41, 5.74) is 4.19. The fourth-order valence-electron chi connectivity index (χ4n) is 7.19. The molecule has 1 aliphatic heterocycles. The maximum Gasteiger partial charge on any atom is 0.214 e. The van der Waals surface area contributed by atoms with Gasteiger partial charge in [-0.1, -0.05) is 98.8 Å². The van der Waals surface area contributed by atoms with E-state index in [4.69, 9.17) is 0 Å². The van der Waals surface area contributed by atoms with E-state index < -0.39 is 0 Å². The van der Waals surface area contributed by atoms with Crippen LogP contribution < -0.4 is 4.57 Å². The van der Waals surface area contributed by atoms with E-state index in [0.29, 0.717) is 0 Å². The molecule has 6 aromatic rings. The smallest absolute Gasteiger partial charge is 0.192 e. The van der Waals surface area contributed by atoms with Crippen LogP contribution in [0.15, 0.2) is 97.2 Å². The Kier molecular flexibility index (Phi) is 4.43. The highest BCUT2D eigenvalue weighted by molar-refractivity contribution is 6.25. The lowest BCUT2D eigenvalue weighted by Crippen LogP contribution is -2.67. The van der Waals surface area contributed by atoms with Crippen molar-refractivity contribution in [2.75, 3.05) is 0 Å². The first-order valence-electron chi connectivity index (χ1n) is 13.3. The molecule has 0 N–H and O–H groups in total. The highest BCUT2D eigenvalue weighted by Crippen LogP contribution is 2.52. The molecule has 1 aliphatic rings. The zero-order valence-corrected chi connectivity index (χ0v) is 21.6. The molecule has 5 aromatic carbocycles. The van der Waals surface area contributed by atoms with Crippen molar-refractivity contribution in [3.63, 3.8) is 0 Å². The van der Waals surface area contributed by atoms with E-state index in [1.54, 1.807) is 0 Å². The predicted molar refractivity (Wildman–Crippen MR) is 154 cm³/mol. The monoisotopic (exact) mass is 466 g/mol. The maximum absolute atomic E-state index is 2.65. The minimum absolute atomic E-state index is 0.0130. The van der Waals surface area contributed by atoms with Crippen LogP contribution in [0.5, 0.6) is 0 Å². The number of nitrogens with zero attached hydrogens (tertiary/aromatic N) is 1. The number of hydrogen-bond acceptors (Lipinski definition) is 0. The van der Waals surface area contributed by atoms with Gasteiger partial charge in [-0.05, 0) is 51.2 Å². The second-order valence-corrected chi connectivity index (χ2v) is 11.0. The summed E-state index contributed by atoms with van der Waals surface area (Å²) in [5, 5.41) is 10.7. The summed E-state index contributed by atoms with van der Waals surface area (Å²) in [7, 11) is 0. The third-order valence-corrected chi connectivity index (χ3v) is 9.71. The molecule has 0 amide bonds. The number of rotatable bonds is 2. The fraction of sp³-hybridized carbons (Fsp3) is 0.229. The number of aromatic nitrogens is 1. The maximum atomic E-state index is 2.65. The summed E-state index contributed by atoms with van der Waals surface area (Å²) in [6.45, 7) is 9.69. The topological polar surface area (TPSA) is 3.88 Å². The molecule has 36 heavy (non-hydrogen) atoms. The van der Waals surface area contributed by atoms with E-state index in [0.717, 1.165) is 12.8 Å². The van der Waals surface area contributed by atoms with Crippen LogP contribution in [0.1, 0.15) is 46.1 Å². The first-order valence-corrected chi connectivity index (χ1v) is 13.3. The van der Waals surface area contributed by atoms with Gasteiger partial charge in [0.25, 0.3) is 0 Å². The summed E-state index contributed by atoms with van der Waals surface area (Å²) in [6.07, 6.45) is 4.64. The van der Waals surface area contributed by atoms with Crippen molar-refractivity contribution >= 4 is 43.1 Å². The summed E-state index contributed by atoms with van der Waals surface area (Å²) < 4.78 is 2.65. The van der Waals surface area contributed by atoms with Crippen LogP contribution in [-0.2, 0) is 11.0 Å². The lowest BCUT2D eigenvalue weighted by atomic mass is 9.60. The second-order valence-electron chi connectivity index (χ2n) is 11.0. The lowest BCUT2D eigenvalue weighted by molar-refractivity contribution is -0.764. The van der Waals surface area contributed by atoms with Gasteiger partial charge in [-0.25, -0.2) is 0 Å². The lowest BCUT2D eigenvalue weighted by Gasteiger charge is -2.46. The molecule has 0 bridgehead atoms. The van der Waals surface area contributed by atoms with Gasteiger partial charge in [0.2, 0.25) is 5.69 Å². The fourth-order valence-corrected chi connectivity index (χ4v) is 7.19. The van der Waals surface area contributed by atoms with Crippen molar-refractivity contribution in [3.05, 3.63) is 103 Å². The molecule has 1 nitrogen and oxygen atoms in total. The Morgan fingerprint density at radius 3 is 1.75 bits per heavy atom. The van der Waals surface area contributed by atoms with Crippen molar-refractivity contribution in [1.82, 2.24) is 0 Å². The molecule has 2 unspecified atom stereocenters. The minimum atomic E-state index is -0.0481. The van der Waals surface area contributed by atoms with Crippen LogP contribution in [0.3, 0.4) is 0 Å². The van der Waals surface area contributed by atoms with Gasteiger partial charge in [0, 0.05) is 24.8 Å². The summed E-state index contributed by atoms with van der Waals surface area (Å²) in [4.78, 5) is 0. The van der Waals surface area contributed by atoms with E-state index in [-0.39, 0.29) is 11.0 Å². The van der Waals surface area contributed by atoms with Gasteiger partial charge in [-0.2, -0.15) is 4.57 Å². The van der Waals surface area contributed by atoms with Crippen LogP contribution in [0.2, 0.25) is 0 Å². The molecular formula is C35H32N+. The van der Waals surface area contributed by atoms with Gasteiger partial charge in [-0.3, -0.25) is 0 Å². The first-order chi connectivity index (χ1) is 17.5. The van der Waals surface area contributed by atoms with Crippen molar-refractivity contribution in [2.24, 2.45) is 0 Å². The van der Waals surface area contributed by atoms with Crippen LogP contribution in [-0.4, -0.2) is 0 Å². The van der Waals surface area contributed by atoms with Gasteiger partial charge in [0.05, 0.1) is 16.4 Å². The summed E-state index contributed by atoms with van der Waals surface area (Å²) >= 11 is 0. The normalized spacial score (nSPS) is 21.2. The third kappa shape index (κ3) is 2.53. The molecule has 0 radical (unpaired) electrons. The van der Waals surface area contributed by atoms with Crippen LogP contribution >= 0.6 is 0 Å². The molecule has 2 heterocycles. The Balaban J connectivity index is 1.75. The zero-order chi connectivity index (χ0) is 24.7. The van der Waals surface area contributed by atoms with Crippen molar-refractivity contribution in [2.45, 2.75) is 51.5 Å². The summed E-state index contributed by atoms with van der Waals surface area (Å²) in [5.74, 6) is 0. The number of pyridine rings is 1. The van der Waals surface area contributed by atoms with Crippen molar-refractivity contribution in [1.29, 1.82) is 0 Å². The first kappa shape index (κ1) is 21.6. The second kappa shape index (κ2) is 7.40. The zero-order valence-electron chi connectivity index (χ0n) is 21.6. The van der Waals surface area contributed by atoms with E-state index >= 15 is 0 Å². The van der Waals surface area contributed by atoms with Gasteiger partial charge < -0.3 is 0 Å². The van der Waals surface area contributed by atoms with Crippen molar-refractivity contribution in [3.8, 4) is 11.3 Å². The highest BCUT2D eigenvalue weighted by atomic mass is 15.1. The number of fused-ring (bicyclic) bond motifs is 11. The third-order valence-electron chi connectivity index (χ3n) is 9.71. The molecule has 1 aromatic heterocycles. The standard InChI is InChI=1S/C35H32N/c1-5-34(3)31-20-19-23-13-7-8-14-24(23)33(31)32-21-29-27-17-11-9-15-25(27)26-16-10-12-18-28(26)30(29)22-36(32)35(34,4)6-2/h7-22H,5-6H2,1-4H3/q+1. The van der Waals surface area contributed by atoms with Crippen LogP contribution in [0.4, 0.5) is 0 Å². The molecule has 0 aliphatic carbocycles. The number of hydrogen-bond donors (Lipinski definition) is 0. The molecular weight excluding hydrogens is 434 g/mol. The Labute approximate surface area is 213 Å². The molecule has 0 fully saturated rings. The Morgan fingerprint density at radius 1 is 0.583 bits per heavy atom. The quantitative estimate of drug-likeness (QED) is 0.177. The van der Waals surface area contributed by atoms with E-state index in [2.05, 4.69) is 129 Å². The Hall–Kier alpha value is -3.71. The molecule has 1 heteroatoms. The van der Waals surface area contributed by atoms with Gasteiger partial charge >= 0.3 is 0 Å². The minimum Gasteiger partial charge on any atom is -0.192 e. The van der Waals surface area contributed by atoms with Gasteiger partial charge in [0.15, 0.2) is 11.7 Å². The predicted octanol–water partition coefficient (Wildman–Crippen LogP) is 9.06. The van der Waals surface area contributed by atoms with E-state index in [1.165, 1.54) is 59.9 Å². The van der Waals surface area contributed by atoms with Gasteiger partial charge in [0.1, 0.15) is 0 Å². The van der Waals surface area contributed by atoms with E-state index in [1.807, 2.05) is 0 Å². The molecule has 2 atom stereocenters. The van der Waals surface area contributed by atoms with Crippen LogP contribution in [0.25, 0.3) is 54.3 Å². The molecule has 7 rings (SSSR count). The average Bonchev–Trinajstić information content (AvgIpc) is 2.94. The molecule has 176 valence electrons. The highest BCUT2D eigenvalue weighted by Gasteiger charge is 2.56. The van der Waals surface area contributed by atoms with Crippen molar-refractivity contribution < 1.29 is 4.57 Å². The largest absolute Gasteiger partial charge is 0.214 e. The van der Waals surface area contributed by atoms with Crippen LogP contribution in [0, 0.1) is 0 Å². The molecule has 0 saturated heterocycles. The Morgan fingerprint density at radius 2 is 1.14 bits per heavy atom. The van der Waals surface area contributed by atoms with E-state index in [9.17, 15) is 0 Å². The Bertz CT molecular complexity index is 1850. The molecule has 0 spiro atoms. The molecule has 0 saturated carbocycles. The average molecular weight is 467 g/mol. The number of benzene rings is 5. The SMILES string of the molecule is CCC1(C)c2ccc3ccccc3c2-c2cc3c4ccccc4c4ccccc4c3c[n+]2C1(C)CC.